The summed E-state index contributed by atoms with van der Waals surface area (Å²) in [6.45, 7) is 5.40. The summed E-state index contributed by atoms with van der Waals surface area (Å²) in [5, 5.41) is 0.414. The summed E-state index contributed by atoms with van der Waals surface area (Å²) >= 11 is 6.26. The number of nitrogens with zero attached hydrogens (tertiary/aromatic N) is 2. The zero-order valence-electron chi connectivity index (χ0n) is 15.6. The molecule has 1 fully saturated rings. The maximum absolute atomic E-state index is 12.9. The van der Waals surface area contributed by atoms with Crippen LogP contribution in [0.2, 0.25) is 5.02 Å². The first kappa shape index (κ1) is 18.9. The fraction of sp³-hybridized carbons (Fsp3) is 0.381. The van der Waals surface area contributed by atoms with Crippen molar-refractivity contribution < 1.29 is 19.0 Å². The maximum Gasteiger partial charge on any atom is 0.254 e. The third-order valence-electron chi connectivity index (χ3n) is 4.92. The first-order valence-electron chi connectivity index (χ1n) is 9.49. The molecule has 0 bridgehead atoms. The van der Waals surface area contributed by atoms with Gasteiger partial charge in [0.1, 0.15) is 25.6 Å². The van der Waals surface area contributed by atoms with Gasteiger partial charge in [0.15, 0.2) is 11.5 Å². The number of halogens is 1. The van der Waals surface area contributed by atoms with Gasteiger partial charge in [-0.25, -0.2) is 0 Å². The van der Waals surface area contributed by atoms with Crippen molar-refractivity contribution in [3.8, 4) is 17.2 Å². The van der Waals surface area contributed by atoms with Gasteiger partial charge in [-0.15, -0.1) is 0 Å². The van der Waals surface area contributed by atoms with Crippen LogP contribution in [0.15, 0.2) is 42.5 Å². The van der Waals surface area contributed by atoms with Crippen molar-refractivity contribution in [2.24, 2.45) is 0 Å². The second-order valence-corrected chi connectivity index (χ2v) is 7.18. The highest BCUT2D eigenvalue weighted by molar-refractivity contribution is 6.32. The van der Waals surface area contributed by atoms with Crippen LogP contribution in [0.3, 0.4) is 0 Å². The fourth-order valence-corrected chi connectivity index (χ4v) is 3.67. The highest BCUT2D eigenvalue weighted by Crippen LogP contribution is 2.38. The Kier molecular flexibility index (Phi) is 5.88. The highest BCUT2D eigenvalue weighted by Gasteiger charge is 2.25. The highest BCUT2D eigenvalue weighted by atomic mass is 35.5. The molecule has 0 unspecified atom stereocenters. The molecule has 2 aromatic rings. The van der Waals surface area contributed by atoms with Crippen molar-refractivity contribution in [2.75, 3.05) is 52.5 Å². The zero-order chi connectivity index (χ0) is 19.3. The van der Waals surface area contributed by atoms with Gasteiger partial charge in [-0.05, 0) is 24.3 Å². The monoisotopic (exact) mass is 402 g/mol. The Bertz CT molecular complexity index is 823. The van der Waals surface area contributed by atoms with Crippen LogP contribution in [0.4, 0.5) is 0 Å². The molecular formula is C21H23ClN2O4. The number of carbonyl (C=O) groups excluding carboxylic acids is 1. The molecule has 0 aromatic heterocycles. The molecule has 1 amide bonds. The SMILES string of the molecule is O=C(c1cc(Cl)c2c(c1)OCCO2)N1CCN(CCOc2ccccc2)CC1. The van der Waals surface area contributed by atoms with Gasteiger partial charge in [-0.2, -0.15) is 0 Å². The summed E-state index contributed by atoms with van der Waals surface area (Å²) in [7, 11) is 0. The molecule has 0 spiro atoms. The van der Waals surface area contributed by atoms with Gasteiger partial charge >= 0.3 is 0 Å². The average Bonchev–Trinajstić information content (AvgIpc) is 2.74. The molecular weight excluding hydrogens is 380 g/mol. The van der Waals surface area contributed by atoms with Gasteiger partial charge < -0.3 is 19.1 Å². The van der Waals surface area contributed by atoms with E-state index >= 15 is 0 Å². The van der Waals surface area contributed by atoms with Gasteiger partial charge in [-0.3, -0.25) is 9.69 Å². The molecule has 1 saturated heterocycles. The van der Waals surface area contributed by atoms with E-state index in [-0.39, 0.29) is 5.91 Å². The first-order chi connectivity index (χ1) is 13.7. The normalized spacial score (nSPS) is 16.7. The number of fused-ring (bicyclic) bond motifs is 1. The van der Waals surface area contributed by atoms with Crippen LogP contribution in [0.1, 0.15) is 10.4 Å². The topological polar surface area (TPSA) is 51.2 Å². The van der Waals surface area contributed by atoms with E-state index in [0.717, 1.165) is 25.4 Å². The van der Waals surface area contributed by atoms with Gasteiger partial charge in [0, 0.05) is 38.3 Å². The van der Waals surface area contributed by atoms with E-state index in [1.807, 2.05) is 35.2 Å². The number of benzene rings is 2. The molecule has 0 saturated carbocycles. The minimum atomic E-state index is -0.0286. The standard InChI is InChI=1S/C21H23ClN2O4/c22-18-14-16(15-19-20(18)28-13-12-27-19)21(25)24-8-6-23(7-9-24)10-11-26-17-4-2-1-3-5-17/h1-5,14-15H,6-13H2. The number of piperazine rings is 1. The van der Waals surface area contributed by atoms with Gasteiger partial charge in [0.25, 0.3) is 5.91 Å². The third kappa shape index (κ3) is 4.34. The molecule has 7 heteroatoms. The molecule has 2 aromatic carbocycles. The van der Waals surface area contributed by atoms with Crippen LogP contribution in [0.25, 0.3) is 0 Å². The van der Waals surface area contributed by atoms with Crippen LogP contribution >= 0.6 is 11.6 Å². The fourth-order valence-electron chi connectivity index (χ4n) is 3.40. The van der Waals surface area contributed by atoms with Crippen molar-refractivity contribution in [3.05, 3.63) is 53.1 Å². The van der Waals surface area contributed by atoms with E-state index in [9.17, 15) is 4.79 Å². The van der Waals surface area contributed by atoms with E-state index in [1.165, 1.54) is 0 Å². The first-order valence-corrected chi connectivity index (χ1v) is 9.87. The number of hydrogen-bond acceptors (Lipinski definition) is 5. The lowest BCUT2D eigenvalue weighted by atomic mass is 10.1. The minimum absolute atomic E-state index is 0.0286. The summed E-state index contributed by atoms with van der Waals surface area (Å²) < 4.78 is 16.9. The zero-order valence-corrected chi connectivity index (χ0v) is 16.4. The molecule has 148 valence electrons. The molecule has 2 heterocycles. The Morgan fingerprint density at radius 3 is 2.57 bits per heavy atom. The van der Waals surface area contributed by atoms with E-state index < -0.39 is 0 Å². The van der Waals surface area contributed by atoms with Crippen LogP contribution in [-0.4, -0.2) is 68.3 Å². The second kappa shape index (κ2) is 8.71. The molecule has 0 atom stereocenters. The predicted octanol–water partition coefficient (Wildman–Crippen LogP) is 2.95. The second-order valence-electron chi connectivity index (χ2n) is 6.78. The maximum atomic E-state index is 12.9. The molecule has 4 rings (SSSR count). The van der Waals surface area contributed by atoms with Gasteiger partial charge in [-0.1, -0.05) is 29.8 Å². The molecule has 0 N–H and O–H groups in total. The summed E-state index contributed by atoms with van der Waals surface area (Å²) in [5.74, 6) is 1.91. The molecule has 2 aliphatic heterocycles. The lowest BCUT2D eigenvalue weighted by Gasteiger charge is -2.34. The smallest absolute Gasteiger partial charge is 0.254 e. The lowest BCUT2D eigenvalue weighted by molar-refractivity contribution is 0.0619. The molecule has 0 radical (unpaired) electrons. The van der Waals surface area contributed by atoms with Crippen LogP contribution in [0.5, 0.6) is 17.2 Å². The van der Waals surface area contributed by atoms with E-state index in [1.54, 1.807) is 12.1 Å². The molecule has 2 aliphatic rings. The number of hydrogen-bond donors (Lipinski definition) is 0. The van der Waals surface area contributed by atoms with Gasteiger partial charge in [0.2, 0.25) is 0 Å². The Morgan fingerprint density at radius 2 is 1.79 bits per heavy atom. The summed E-state index contributed by atoms with van der Waals surface area (Å²) in [5.41, 5.74) is 0.537. The largest absolute Gasteiger partial charge is 0.492 e. The van der Waals surface area contributed by atoms with Crippen molar-refractivity contribution in [1.29, 1.82) is 0 Å². The van der Waals surface area contributed by atoms with Crippen LogP contribution in [0, 0.1) is 0 Å². The Hall–Kier alpha value is -2.44. The summed E-state index contributed by atoms with van der Waals surface area (Å²) in [6.07, 6.45) is 0. The Labute approximate surface area is 169 Å². The van der Waals surface area contributed by atoms with Crippen molar-refractivity contribution in [3.63, 3.8) is 0 Å². The van der Waals surface area contributed by atoms with Crippen molar-refractivity contribution in [1.82, 2.24) is 9.80 Å². The van der Waals surface area contributed by atoms with Gasteiger partial charge in [0.05, 0.1) is 5.02 Å². The molecule has 0 aliphatic carbocycles. The molecule has 28 heavy (non-hydrogen) atoms. The van der Waals surface area contributed by atoms with E-state index in [4.69, 9.17) is 25.8 Å². The third-order valence-corrected chi connectivity index (χ3v) is 5.20. The number of para-hydroxylation sites is 1. The quantitative estimate of drug-likeness (QED) is 0.769. The van der Waals surface area contributed by atoms with E-state index in [0.29, 0.717) is 55.0 Å². The van der Waals surface area contributed by atoms with Crippen molar-refractivity contribution in [2.45, 2.75) is 0 Å². The lowest BCUT2D eigenvalue weighted by Crippen LogP contribution is -2.49. The Morgan fingerprint density at radius 1 is 1.04 bits per heavy atom. The Balaban J connectivity index is 1.29. The predicted molar refractivity (Wildman–Crippen MR) is 107 cm³/mol. The summed E-state index contributed by atoms with van der Waals surface area (Å²) in [6, 6.07) is 13.2. The number of ether oxygens (including phenoxy) is 3. The summed E-state index contributed by atoms with van der Waals surface area (Å²) in [4.78, 5) is 17.0. The number of amides is 1. The average molecular weight is 403 g/mol. The van der Waals surface area contributed by atoms with Crippen LogP contribution < -0.4 is 14.2 Å². The number of carbonyl (C=O) groups is 1. The minimum Gasteiger partial charge on any atom is -0.492 e. The molecule has 6 nitrogen and oxygen atoms in total. The van der Waals surface area contributed by atoms with E-state index in [2.05, 4.69) is 4.90 Å². The number of rotatable bonds is 5. The van der Waals surface area contributed by atoms with Crippen molar-refractivity contribution >= 4 is 17.5 Å². The van der Waals surface area contributed by atoms with Crippen LogP contribution in [-0.2, 0) is 0 Å².